The Morgan fingerprint density at radius 2 is 2.24 bits per heavy atom. The van der Waals surface area contributed by atoms with Crippen LogP contribution in [0.1, 0.15) is 26.0 Å². The van der Waals surface area contributed by atoms with Crippen molar-refractivity contribution in [3.63, 3.8) is 0 Å². The number of ketones is 1. The van der Waals surface area contributed by atoms with E-state index >= 15 is 0 Å². The van der Waals surface area contributed by atoms with Crippen LogP contribution in [0.5, 0.6) is 0 Å². The number of rotatable bonds is 7. The lowest BCUT2D eigenvalue weighted by Gasteiger charge is -2.02. The molecule has 0 aliphatic heterocycles. The fourth-order valence-corrected chi connectivity index (χ4v) is 1.46. The van der Waals surface area contributed by atoms with Crippen molar-refractivity contribution in [2.24, 2.45) is 4.99 Å². The summed E-state index contributed by atoms with van der Waals surface area (Å²) in [6.45, 7) is 5.72. The maximum Gasteiger partial charge on any atom is 0.135 e. The summed E-state index contributed by atoms with van der Waals surface area (Å²) in [7, 11) is 0. The third-order valence-electron chi connectivity index (χ3n) is 2.21. The zero-order valence-electron chi connectivity index (χ0n) is 10.4. The minimum absolute atomic E-state index is 0.160. The van der Waals surface area contributed by atoms with Gasteiger partial charge in [-0.05, 0) is 26.0 Å². The second kappa shape index (κ2) is 7.68. The molecule has 1 aromatic rings. The molecule has 0 fully saturated rings. The molecule has 0 spiro atoms. The molecule has 1 heterocycles. The minimum Gasteiger partial charge on any atom is -0.309 e. The molecule has 92 valence electrons. The van der Waals surface area contributed by atoms with E-state index in [2.05, 4.69) is 15.3 Å². The van der Waals surface area contributed by atoms with Crippen LogP contribution in [-0.2, 0) is 11.3 Å². The normalized spacial score (nSPS) is 11.5. The lowest BCUT2D eigenvalue weighted by Crippen LogP contribution is -2.18. The summed E-state index contributed by atoms with van der Waals surface area (Å²) in [6, 6.07) is 5.86. The Balaban J connectivity index is 2.14. The van der Waals surface area contributed by atoms with Gasteiger partial charge in [0.1, 0.15) is 5.78 Å². The van der Waals surface area contributed by atoms with E-state index in [9.17, 15) is 4.79 Å². The maximum absolute atomic E-state index is 10.8. The number of hydrogen-bond donors (Lipinski definition) is 1. The topological polar surface area (TPSA) is 54.4 Å². The fourth-order valence-electron chi connectivity index (χ4n) is 1.46. The van der Waals surface area contributed by atoms with E-state index in [1.165, 1.54) is 0 Å². The first-order valence-corrected chi connectivity index (χ1v) is 5.78. The van der Waals surface area contributed by atoms with Gasteiger partial charge in [0.05, 0.1) is 12.2 Å². The van der Waals surface area contributed by atoms with Crippen LogP contribution < -0.4 is 5.32 Å². The van der Waals surface area contributed by atoms with E-state index in [1.54, 1.807) is 13.1 Å². The molecule has 0 atom stereocenters. The number of aliphatic imine (C=N–C) groups is 1. The SMILES string of the molecule is CC(=O)CC(C)=NCCNCc1ccccn1. The Hall–Kier alpha value is -1.55. The third-order valence-corrected chi connectivity index (χ3v) is 2.21. The van der Waals surface area contributed by atoms with Crippen LogP contribution in [-0.4, -0.2) is 29.6 Å². The van der Waals surface area contributed by atoms with E-state index in [4.69, 9.17) is 0 Å². The smallest absolute Gasteiger partial charge is 0.135 e. The molecule has 0 aliphatic rings. The molecule has 1 N–H and O–H groups in total. The molecule has 4 nitrogen and oxygen atoms in total. The van der Waals surface area contributed by atoms with Crippen molar-refractivity contribution < 1.29 is 4.79 Å². The lowest BCUT2D eigenvalue weighted by atomic mass is 10.2. The molecule has 0 saturated carbocycles. The Bertz CT molecular complexity index is 374. The van der Waals surface area contributed by atoms with Crippen LogP contribution in [0.15, 0.2) is 29.4 Å². The van der Waals surface area contributed by atoms with Crippen molar-refractivity contribution in [3.8, 4) is 0 Å². The highest BCUT2D eigenvalue weighted by Crippen LogP contribution is 1.92. The Morgan fingerprint density at radius 3 is 2.88 bits per heavy atom. The lowest BCUT2D eigenvalue weighted by molar-refractivity contribution is -0.115. The first-order valence-electron chi connectivity index (χ1n) is 5.78. The zero-order chi connectivity index (χ0) is 12.5. The predicted molar refractivity (Wildman–Crippen MR) is 69.2 cm³/mol. The molecule has 17 heavy (non-hydrogen) atoms. The number of hydrogen-bond acceptors (Lipinski definition) is 4. The van der Waals surface area contributed by atoms with Crippen molar-refractivity contribution in [1.29, 1.82) is 0 Å². The average Bonchev–Trinajstić information content (AvgIpc) is 2.29. The summed E-state index contributed by atoms with van der Waals surface area (Å²) in [6.07, 6.45) is 2.24. The number of pyridine rings is 1. The van der Waals surface area contributed by atoms with Crippen LogP contribution in [0.4, 0.5) is 0 Å². The molecule has 0 radical (unpaired) electrons. The minimum atomic E-state index is 0.160. The van der Waals surface area contributed by atoms with Gasteiger partial charge in [-0.25, -0.2) is 0 Å². The second-order valence-corrected chi connectivity index (χ2v) is 3.99. The summed E-state index contributed by atoms with van der Waals surface area (Å²) in [5.74, 6) is 0.160. The fraction of sp³-hybridized carbons (Fsp3) is 0.462. The van der Waals surface area contributed by atoms with Crippen molar-refractivity contribution in [3.05, 3.63) is 30.1 Å². The molecule has 0 amide bonds. The van der Waals surface area contributed by atoms with Gasteiger partial charge in [-0.2, -0.15) is 0 Å². The van der Waals surface area contributed by atoms with Gasteiger partial charge in [-0.3, -0.25) is 14.8 Å². The Morgan fingerprint density at radius 1 is 1.41 bits per heavy atom. The van der Waals surface area contributed by atoms with E-state index in [-0.39, 0.29) is 5.78 Å². The monoisotopic (exact) mass is 233 g/mol. The molecule has 0 aromatic carbocycles. The van der Waals surface area contributed by atoms with E-state index in [0.717, 1.165) is 24.5 Å². The van der Waals surface area contributed by atoms with Crippen molar-refractivity contribution in [2.45, 2.75) is 26.8 Å². The number of nitrogens with zero attached hydrogens (tertiary/aromatic N) is 2. The molecule has 0 bridgehead atoms. The standard InChI is InChI=1S/C13H19N3O/c1-11(9-12(2)17)15-8-7-14-10-13-5-3-4-6-16-13/h3-6,14H,7-10H2,1-2H3. The van der Waals surface area contributed by atoms with E-state index in [0.29, 0.717) is 13.0 Å². The molecular weight excluding hydrogens is 214 g/mol. The average molecular weight is 233 g/mol. The van der Waals surface area contributed by atoms with Crippen LogP contribution in [0, 0.1) is 0 Å². The van der Waals surface area contributed by atoms with E-state index in [1.807, 2.05) is 25.1 Å². The summed E-state index contributed by atoms with van der Waals surface area (Å²) in [4.78, 5) is 19.3. The number of Topliss-reactive ketones (excluding diaryl/α,β-unsaturated/α-hetero) is 1. The summed E-state index contributed by atoms with van der Waals surface area (Å²) in [5.41, 5.74) is 1.93. The highest BCUT2D eigenvalue weighted by atomic mass is 16.1. The van der Waals surface area contributed by atoms with Crippen molar-refractivity contribution >= 4 is 11.5 Å². The largest absolute Gasteiger partial charge is 0.309 e. The van der Waals surface area contributed by atoms with Gasteiger partial charge in [0.15, 0.2) is 0 Å². The van der Waals surface area contributed by atoms with Gasteiger partial charge in [0, 0.05) is 31.4 Å². The molecule has 1 aromatic heterocycles. The van der Waals surface area contributed by atoms with Gasteiger partial charge < -0.3 is 5.32 Å². The quantitative estimate of drug-likeness (QED) is 0.575. The van der Waals surface area contributed by atoms with Gasteiger partial charge in [-0.15, -0.1) is 0 Å². The third kappa shape index (κ3) is 6.58. The van der Waals surface area contributed by atoms with Crippen molar-refractivity contribution in [1.82, 2.24) is 10.3 Å². The molecule has 4 heteroatoms. The van der Waals surface area contributed by atoms with Crippen LogP contribution in [0.25, 0.3) is 0 Å². The van der Waals surface area contributed by atoms with Gasteiger partial charge >= 0.3 is 0 Å². The van der Waals surface area contributed by atoms with Crippen LogP contribution in [0.3, 0.4) is 0 Å². The summed E-state index contributed by atoms with van der Waals surface area (Å²) < 4.78 is 0. The second-order valence-electron chi connectivity index (χ2n) is 3.99. The number of carbonyl (C=O) groups excluding carboxylic acids is 1. The van der Waals surface area contributed by atoms with E-state index < -0.39 is 0 Å². The highest BCUT2D eigenvalue weighted by Gasteiger charge is 1.96. The van der Waals surface area contributed by atoms with Gasteiger partial charge in [0.25, 0.3) is 0 Å². The zero-order valence-corrected chi connectivity index (χ0v) is 10.4. The molecular formula is C13H19N3O. The Kier molecular flexibility index (Phi) is 6.10. The van der Waals surface area contributed by atoms with Crippen LogP contribution >= 0.6 is 0 Å². The van der Waals surface area contributed by atoms with Gasteiger partial charge in [0.2, 0.25) is 0 Å². The van der Waals surface area contributed by atoms with Gasteiger partial charge in [-0.1, -0.05) is 6.07 Å². The maximum atomic E-state index is 10.8. The van der Waals surface area contributed by atoms with Crippen LogP contribution in [0.2, 0.25) is 0 Å². The first-order chi connectivity index (χ1) is 8.18. The Labute approximate surface area is 102 Å². The number of aromatic nitrogens is 1. The predicted octanol–water partition coefficient (Wildman–Crippen LogP) is 1.61. The van der Waals surface area contributed by atoms with Crippen molar-refractivity contribution in [2.75, 3.05) is 13.1 Å². The first kappa shape index (κ1) is 13.5. The molecule has 0 unspecified atom stereocenters. The highest BCUT2D eigenvalue weighted by molar-refractivity contribution is 5.99. The number of carbonyl (C=O) groups is 1. The number of nitrogens with one attached hydrogen (secondary N) is 1. The molecule has 0 saturated heterocycles. The summed E-state index contributed by atoms with van der Waals surface area (Å²) >= 11 is 0. The molecule has 0 aliphatic carbocycles. The summed E-state index contributed by atoms with van der Waals surface area (Å²) in [5, 5.41) is 3.26. The molecule has 1 rings (SSSR count).